The van der Waals surface area contributed by atoms with E-state index in [1.165, 1.54) is 5.56 Å². The van der Waals surface area contributed by atoms with Gasteiger partial charge in [0.2, 0.25) is 0 Å². The largest absolute Gasteiger partial charge is 0.491 e. The third kappa shape index (κ3) is 5.00. The summed E-state index contributed by atoms with van der Waals surface area (Å²) in [5, 5.41) is 6.91. The second kappa shape index (κ2) is 8.07. The molecule has 0 bridgehead atoms. The molecule has 0 saturated heterocycles. The zero-order valence-corrected chi connectivity index (χ0v) is 15.2. The molecule has 1 aliphatic rings. The summed E-state index contributed by atoms with van der Waals surface area (Å²) in [6.07, 6.45) is 0. The van der Waals surface area contributed by atoms with Gasteiger partial charge in [0, 0.05) is 11.8 Å². The number of hydrogen-bond acceptors (Lipinski definition) is 4. The highest BCUT2D eigenvalue weighted by Gasteiger charge is 2.12. The Morgan fingerprint density at radius 3 is 2.60 bits per heavy atom. The van der Waals surface area contributed by atoms with E-state index in [1.807, 2.05) is 49.4 Å². The summed E-state index contributed by atoms with van der Waals surface area (Å²) in [6.45, 7) is 5.73. The highest BCUT2D eigenvalue weighted by molar-refractivity contribution is 7.80. The fourth-order valence-electron chi connectivity index (χ4n) is 2.41. The van der Waals surface area contributed by atoms with Crippen LogP contribution in [0.15, 0.2) is 42.5 Å². The highest BCUT2D eigenvalue weighted by atomic mass is 32.1. The molecule has 6 heteroatoms. The Morgan fingerprint density at radius 2 is 1.84 bits per heavy atom. The van der Waals surface area contributed by atoms with E-state index in [9.17, 15) is 0 Å². The molecule has 1 atom stereocenters. The van der Waals surface area contributed by atoms with E-state index in [1.54, 1.807) is 0 Å². The second-order valence-corrected chi connectivity index (χ2v) is 6.39. The van der Waals surface area contributed by atoms with Crippen LogP contribution in [-0.4, -0.2) is 31.0 Å². The lowest BCUT2D eigenvalue weighted by atomic mass is 10.2. The number of nitrogens with one attached hydrogen (secondary N) is 2. The Labute approximate surface area is 153 Å². The van der Waals surface area contributed by atoms with E-state index in [4.69, 9.17) is 26.4 Å². The van der Waals surface area contributed by atoms with Gasteiger partial charge in [0.15, 0.2) is 16.6 Å². The lowest BCUT2D eigenvalue weighted by Gasteiger charge is -2.20. The Hall–Kier alpha value is -2.47. The number of anilines is 1. The SMILES string of the molecule is Cc1ccc(OCC(C)NC(=S)Nc2ccc3c(c2)OCCO3)cc1. The van der Waals surface area contributed by atoms with E-state index >= 15 is 0 Å². The minimum Gasteiger partial charge on any atom is -0.491 e. The molecule has 0 spiro atoms. The minimum absolute atomic E-state index is 0.0681. The molecule has 25 heavy (non-hydrogen) atoms. The Kier molecular flexibility index (Phi) is 5.60. The van der Waals surface area contributed by atoms with Crippen molar-refractivity contribution >= 4 is 23.0 Å². The number of fused-ring (bicyclic) bond motifs is 1. The number of rotatable bonds is 5. The van der Waals surface area contributed by atoms with Gasteiger partial charge < -0.3 is 24.8 Å². The van der Waals surface area contributed by atoms with Gasteiger partial charge in [-0.25, -0.2) is 0 Å². The monoisotopic (exact) mass is 358 g/mol. The van der Waals surface area contributed by atoms with Crippen molar-refractivity contribution in [2.45, 2.75) is 19.9 Å². The fraction of sp³-hybridized carbons (Fsp3) is 0.316. The van der Waals surface area contributed by atoms with Crippen molar-refractivity contribution in [2.24, 2.45) is 0 Å². The van der Waals surface area contributed by atoms with Crippen LogP contribution in [0.3, 0.4) is 0 Å². The van der Waals surface area contributed by atoms with Crippen LogP contribution in [0, 0.1) is 6.92 Å². The van der Waals surface area contributed by atoms with Crippen molar-refractivity contribution in [1.29, 1.82) is 0 Å². The van der Waals surface area contributed by atoms with Crippen molar-refractivity contribution in [1.82, 2.24) is 5.32 Å². The Bertz CT molecular complexity index is 734. The van der Waals surface area contributed by atoms with Gasteiger partial charge in [0.1, 0.15) is 25.6 Å². The first-order chi connectivity index (χ1) is 12.1. The van der Waals surface area contributed by atoms with Crippen molar-refractivity contribution in [3.05, 3.63) is 48.0 Å². The first-order valence-corrected chi connectivity index (χ1v) is 8.67. The third-order valence-electron chi connectivity index (χ3n) is 3.70. The molecule has 1 aliphatic heterocycles. The van der Waals surface area contributed by atoms with Gasteiger partial charge in [-0.05, 0) is 50.3 Å². The molecule has 3 rings (SSSR count). The molecule has 2 N–H and O–H groups in total. The topological polar surface area (TPSA) is 51.8 Å². The predicted octanol–water partition coefficient (Wildman–Crippen LogP) is 3.52. The standard InChI is InChI=1S/C19H22N2O3S/c1-13-3-6-16(7-4-13)24-12-14(2)20-19(25)21-15-5-8-17-18(11-15)23-10-9-22-17/h3-8,11,14H,9-10,12H2,1-2H3,(H2,20,21,25). The maximum absolute atomic E-state index is 5.76. The van der Waals surface area contributed by atoms with Gasteiger partial charge in [0.05, 0.1) is 6.04 Å². The molecular weight excluding hydrogens is 336 g/mol. The molecule has 1 heterocycles. The first kappa shape index (κ1) is 17.4. The first-order valence-electron chi connectivity index (χ1n) is 8.27. The van der Waals surface area contributed by atoms with Crippen LogP contribution in [0.4, 0.5) is 5.69 Å². The molecule has 0 saturated carbocycles. The van der Waals surface area contributed by atoms with E-state index in [0.29, 0.717) is 24.9 Å². The Morgan fingerprint density at radius 1 is 1.12 bits per heavy atom. The van der Waals surface area contributed by atoms with Gasteiger partial charge in [0.25, 0.3) is 0 Å². The number of aryl methyl sites for hydroxylation is 1. The summed E-state index contributed by atoms with van der Waals surface area (Å²) in [7, 11) is 0. The summed E-state index contributed by atoms with van der Waals surface area (Å²) in [5.74, 6) is 2.34. The van der Waals surface area contributed by atoms with Crippen LogP contribution in [0.2, 0.25) is 0 Å². The molecule has 5 nitrogen and oxygen atoms in total. The molecule has 0 aromatic heterocycles. The predicted molar refractivity (Wildman–Crippen MR) is 103 cm³/mol. The summed E-state index contributed by atoms with van der Waals surface area (Å²) in [5.41, 5.74) is 2.07. The second-order valence-electron chi connectivity index (χ2n) is 5.98. The highest BCUT2D eigenvalue weighted by Crippen LogP contribution is 2.32. The smallest absolute Gasteiger partial charge is 0.171 e. The zero-order chi connectivity index (χ0) is 17.6. The van der Waals surface area contributed by atoms with Crippen molar-refractivity contribution < 1.29 is 14.2 Å². The van der Waals surface area contributed by atoms with Gasteiger partial charge in [-0.1, -0.05) is 17.7 Å². The minimum atomic E-state index is 0.0681. The average molecular weight is 358 g/mol. The van der Waals surface area contributed by atoms with E-state index in [0.717, 1.165) is 22.9 Å². The molecule has 0 aliphatic carbocycles. The molecule has 1 unspecified atom stereocenters. The number of thiocarbonyl (C=S) groups is 1. The summed E-state index contributed by atoms with van der Waals surface area (Å²) >= 11 is 5.37. The number of benzene rings is 2. The maximum Gasteiger partial charge on any atom is 0.171 e. The maximum atomic E-state index is 5.76. The fourth-order valence-corrected chi connectivity index (χ4v) is 2.73. The summed E-state index contributed by atoms with van der Waals surface area (Å²) in [4.78, 5) is 0. The van der Waals surface area contributed by atoms with Gasteiger partial charge in [-0.3, -0.25) is 0 Å². The summed E-state index contributed by atoms with van der Waals surface area (Å²) in [6, 6.07) is 13.7. The van der Waals surface area contributed by atoms with E-state index in [-0.39, 0.29) is 6.04 Å². The van der Waals surface area contributed by atoms with Crippen LogP contribution in [0.25, 0.3) is 0 Å². The summed E-state index contributed by atoms with van der Waals surface area (Å²) < 4.78 is 16.8. The molecule has 132 valence electrons. The van der Waals surface area contributed by atoms with E-state index < -0.39 is 0 Å². The van der Waals surface area contributed by atoms with Crippen LogP contribution < -0.4 is 24.8 Å². The molecular formula is C19H22N2O3S. The molecule has 0 fully saturated rings. The zero-order valence-electron chi connectivity index (χ0n) is 14.4. The van der Waals surface area contributed by atoms with Gasteiger partial charge in [-0.2, -0.15) is 0 Å². The molecule has 0 radical (unpaired) electrons. The van der Waals surface area contributed by atoms with Crippen molar-refractivity contribution in [3.8, 4) is 17.2 Å². The lowest BCUT2D eigenvalue weighted by Crippen LogP contribution is -2.39. The van der Waals surface area contributed by atoms with E-state index in [2.05, 4.69) is 17.6 Å². The Balaban J connectivity index is 1.47. The van der Waals surface area contributed by atoms with Crippen LogP contribution in [0.5, 0.6) is 17.2 Å². The molecule has 2 aromatic rings. The molecule has 2 aromatic carbocycles. The van der Waals surface area contributed by atoms with Gasteiger partial charge in [-0.15, -0.1) is 0 Å². The molecule has 0 amide bonds. The van der Waals surface area contributed by atoms with Crippen LogP contribution in [0.1, 0.15) is 12.5 Å². The van der Waals surface area contributed by atoms with Crippen LogP contribution >= 0.6 is 12.2 Å². The third-order valence-corrected chi connectivity index (χ3v) is 3.92. The van der Waals surface area contributed by atoms with Crippen molar-refractivity contribution in [3.63, 3.8) is 0 Å². The van der Waals surface area contributed by atoms with Crippen LogP contribution in [-0.2, 0) is 0 Å². The normalized spacial score (nSPS) is 13.7. The van der Waals surface area contributed by atoms with Gasteiger partial charge >= 0.3 is 0 Å². The quantitative estimate of drug-likeness (QED) is 0.798. The number of hydrogen-bond donors (Lipinski definition) is 2. The average Bonchev–Trinajstić information content (AvgIpc) is 2.61. The van der Waals surface area contributed by atoms with Crippen molar-refractivity contribution in [2.75, 3.05) is 25.1 Å². The number of ether oxygens (including phenoxy) is 3. The lowest BCUT2D eigenvalue weighted by molar-refractivity contribution is 0.171.